The number of hydrogen-bond donors (Lipinski definition) is 0. The Kier molecular flexibility index (Phi) is 3.14. The minimum atomic E-state index is 0.254. The van der Waals surface area contributed by atoms with Gasteiger partial charge < -0.3 is 0 Å². The van der Waals surface area contributed by atoms with Crippen LogP contribution in [0.25, 0.3) is 10.8 Å². The summed E-state index contributed by atoms with van der Waals surface area (Å²) in [6.07, 6.45) is 5.07. The fraction of sp³-hybridized carbons (Fsp3) is 0.353. The first-order valence-corrected chi connectivity index (χ1v) is 6.84. The average Bonchev–Trinajstić information content (AvgIpc) is 2.42. The molecule has 0 heterocycles. The molecule has 0 unspecified atom stereocenters. The molecule has 1 atom stereocenters. The van der Waals surface area contributed by atoms with E-state index in [4.69, 9.17) is 0 Å². The van der Waals surface area contributed by atoms with E-state index in [2.05, 4.69) is 42.5 Å². The quantitative estimate of drug-likeness (QED) is 0.768. The second kappa shape index (κ2) is 4.93. The molecule has 1 aliphatic carbocycles. The minimum Gasteiger partial charge on any atom is -0.299 e. The third-order valence-corrected chi connectivity index (χ3v) is 4.03. The summed E-state index contributed by atoms with van der Waals surface area (Å²) in [5, 5.41) is 2.58. The molecule has 1 heteroatoms. The fourth-order valence-electron chi connectivity index (χ4n) is 3.01. The number of carbonyl (C=O) groups is 1. The van der Waals surface area contributed by atoms with E-state index >= 15 is 0 Å². The third-order valence-electron chi connectivity index (χ3n) is 4.03. The molecule has 0 aliphatic heterocycles. The lowest BCUT2D eigenvalue weighted by atomic mass is 9.83. The van der Waals surface area contributed by atoms with Gasteiger partial charge in [0.15, 0.2) is 0 Å². The summed E-state index contributed by atoms with van der Waals surface area (Å²) in [7, 11) is 0. The normalized spacial score (nSPS) is 20.2. The Balaban J connectivity index is 1.92. The Morgan fingerprint density at radius 3 is 2.72 bits per heavy atom. The summed E-state index contributed by atoms with van der Waals surface area (Å²) in [6.45, 7) is 0. The van der Waals surface area contributed by atoms with Gasteiger partial charge in [-0.15, -0.1) is 0 Å². The molecule has 0 amide bonds. The van der Waals surface area contributed by atoms with Crippen molar-refractivity contribution in [2.45, 2.75) is 32.1 Å². The SMILES string of the molecule is O=C1CCCC[C@H]1Cc1cccc2ccccc12. The summed E-state index contributed by atoms with van der Waals surface area (Å²) < 4.78 is 0. The van der Waals surface area contributed by atoms with Gasteiger partial charge in [0.25, 0.3) is 0 Å². The van der Waals surface area contributed by atoms with Crippen LogP contribution in [0.3, 0.4) is 0 Å². The summed E-state index contributed by atoms with van der Waals surface area (Å²) in [6, 6.07) is 14.9. The number of carbonyl (C=O) groups excluding carboxylic acids is 1. The Bertz CT molecular complexity index is 565. The second-order valence-corrected chi connectivity index (χ2v) is 5.25. The van der Waals surface area contributed by atoms with E-state index in [0.29, 0.717) is 5.78 Å². The van der Waals surface area contributed by atoms with E-state index < -0.39 is 0 Å². The van der Waals surface area contributed by atoms with Crippen LogP contribution in [0.4, 0.5) is 0 Å². The molecule has 3 rings (SSSR count). The second-order valence-electron chi connectivity index (χ2n) is 5.25. The molecule has 0 spiro atoms. The molecule has 0 aromatic heterocycles. The van der Waals surface area contributed by atoms with E-state index in [0.717, 1.165) is 25.7 Å². The maximum absolute atomic E-state index is 11.9. The first-order chi connectivity index (χ1) is 8.84. The number of ketones is 1. The molecule has 18 heavy (non-hydrogen) atoms. The van der Waals surface area contributed by atoms with Gasteiger partial charge in [-0.05, 0) is 35.6 Å². The van der Waals surface area contributed by atoms with Crippen LogP contribution in [0.5, 0.6) is 0 Å². The Hall–Kier alpha value is -1.63. The molecule has 1 aliphatic rings. The molecule has 2 aromatic rings. The topological polar surface area (TPSA) is 17.1 Å². The van der Waals surface area contributed by atoms with Gasteiger partial charge in [0.1, 0.15) is 5.78 Å². The van der Waals surface area contributed by atoms with Crippen LogP contribution in [0, 0.1) is 5.92 Å². The maximum Gasteiger partial charge on any atom is 0.136 e. The lowest BCUT2D eigenvalue weighted by molar-refractivity contribution is -0.124. The average molecular weight is 238 g/mol. The van der Waals surface area contributed by atoms with E-state index in [-0.39, 0.29) is 5.92 Å². The smallest absolute Gasteiger partial charge is 0.136 e. The highest BCUT2D eigenvalue weighted by Crippen LogP contribution is 2.27. The predicted octanol–water partition coefficient (Wildman–Crippen LogP) is 4.14. The molecule has 0 N–H and O–H groups in total. The van der Waals surface area contributed by atoms with E-state index in [1.165, 1.54) is 22.8 Å². The van der Waals surface area contributed by atoms with Gasteiger partial charge in [-0.25, -0.2) is 0 Å². The van der Waals surface area contributed by atoms with Crippen molar-refractivity contribution in [3.8, 4) is 0 Å². The van der Waals surface area contributed by atoms with Gasteiger partial charge in [0, 0.05) is 12.3 Å². The highest BCUT2D eigenvalue weighted by atomic mass is 16.1. The third kappa shape index (κ3) is 2.17. The summed E-state index contributed by atoms with van der Waals surface area (Å²) >= 11 is 0. The lowest BCUT2D eigenvalue weighted by Crippen LogP contribution is -2.21. The zero-order valence-electron chi connectivity index (χ0n) is 10.6. The molecule has 92 valence electrons. The van der Waals surface area contributed by atoms with Crippen molar-refractivity contribution < 1.29 is 4.79 Å². The summed E-state index contributed by atoms with van der Waals surface area (Å²) in [5.41, 5.74) is 1.33. The van der Waals surface area contributed by atoms with Crippen molar-refractivity contribution >= 4 is 16.6 Å². The minimum absolute atomic E-state index is 0.254. The van der Waals surface area contributed by atoms with E-state index in [1.54, 1.807) is 0 Å². The Morgan fingerprint density at radius 2 is 1.83 bits per heavy atom. The van der Waals surface area contributed by atoms with Gasteiger partial charge in [-0.3, -0.25) is 4.79 Å². The van der Waals surface area contributed by atoms with Crippen LogP contribution in [0.2, 0.25) is 0 Å². The molecule has 0 bridgehead atoms. The number of rotatable bonds is 2. The predicted molar refractivity (Wildman–Crippen MR) is 74.6 cm³/mol. The van der Waals surface area contributed by atoms with Crippen LogP contribution >= 0.6 is 0 Å². The summed E-state index contributed by atoms with van der Waals surface area (Å²) in [4.78, 5) is 11.9. The number of hydrogen-bond acceptors (Lipinski definition) is 1. The Morgan fingerprint density at radius 1 is 1.00 bits per heavy atom. The number of benzene rings is 2. The van der Waals surface area contributed by atoms with Gasteiger partial charge in [0.05, 0.1) is 0 Å². The van der Waals surface area contributed by atoms with Gasteiger partial charge in [-0.1, -0.05) is 48.9 Å². The van der Waals surface area contributed by atoms with Crippen molar-refractivity contribution in [2.75, 3.05) is 0 Å². The van der Waals surface area contributed by atoms with Crippen LogP contribution < -0.4 is 0 Å². The van der Waals surface area contributed by atoms with Crippen LogP contribution in [0.1, 0.15) is 31.2 Å². The number of Topliss-reactive ketones (excluding diaryl/α,β-unsaturated/α-hetero) is 1. The molecule has 1 nitrogen and oxygen atoms in total. The van der Waals surface area contributed by atoms with Crippen molar-refractivity contribution in [1.29, 1.82) is 0 Å². The van der Waals surface area contributed by atoms with Crippen LogP contribution in [-0.4, -0.2) is 5.78 Å². The summed E-state index contributed by atoms with van der Waals surface area (Å²) in [5.74, 6) is 0.721. The van der Waals surface area contributed by atoms with E-state index in [1.807, 2.05) is 0 Å². The first kappa shape index (κ1) is 11.5. The van der Waals surface area contributed by atoms with Crippen molar-refractivity contribution in [3.05, 3.63) is 48.0 Å². The molecule has 2 aromatic carbocycles. The largest absolute Gasteiger partial charge is 0.299 e. The van der Waals surface area contributed by atoms with Crippen molar-refractivity contribution in [1.82, 2.24) is 0 Å². The molecule has 1 saturated carbocycles. The monoisotopic (exact) mass is 238 g/mol. The van der Waals surface area contributed by atoms with Crippen molar-refractivity contribution in [2.24, 2.45) is 5.92 Å². The maximum atomic E-state index is 11.9. The highest BCUT2D eigenvalue weighted by molar-refractivity contribution is 5.87. The number of fused-ring (bicyclic) bond motifs is 1. The van der Waals surface area contributed by atoms with Crippen LogP contribution in [-0.2, 0) is 11.2 Å². The van der Waals surface area contributed by atoms with Gasteiger partial charge in [0.2, 0.25) is 0 Å². The van der Waals surface area contributed by atoms with Gasteiger partial charge >= 0.3 is 0 Å². The lowest BCUT2D eigenvalue weighted by Gasteiger charge is -2.21. The highest BCUT2D eigenvalue weighted by Gasteiger charge is 2.22. The van der Waals surface area contributed by atoms with Crippen molar-refractivity contribution in [3.63, 3.8) is 0 Å². The zero-order chi connectivity index (χ0) is 12.4. The van der Waals surface area contributed by atoms with Crippen LogP contribution in [0.15, 0.2) is 42.5 Å². The molecule has 1 fully saturated rings. The molecule has 0 radical (unpaired) electrons. The molecular weight excluding hydrogens is 220 g/mol. The Labute approximate surface area is 108 Å². The zero-order valence-corrected chi connectivity index (χ0v) is 10.6. The molecular formula is C17H18O. The molecule has 0 saturated heterocycles. The standard InChI is InChI=1S/C17H18O/c18-17-11-4-2-7-15(17)12-14-9-5-8-13-6-1-3-10-16(13)14/h1,3,5-6,8-10,15H,2,4,7,11-12H2/t15-/m0/s1. The fourth-order valence-corrected chi connectivity index (χ4v) is 3.01. The van der Waals surface area contributed by atoms with Gasteiger partial charge in [-0.2, -0.15) is 0 Å². The van der Waals surface area contributed by atoms with E-state index in [9.17, 15) is 4.79 Å². The first-order valence-electron chi connectivity index (χ1n) is 6.84.